The molecule has 0 aromatic carbocycles. The summed E-state index contributed by atoms with van der Waals surface area (Å²) >= 11 is 0. The minimum atomic E-state index is -0.210. The second-order valence-electron chi connectivity index (χ2n) is 4.64. The van der Waals surface area contributed by atoms with Crippen LogP contribution in [-0.2, 0) is 6.54 Å². The highest BCUT2D eigenvalue weighted by Crippen LogP contribution is 2.17. The molecule has 1 aromatic rings. The molecule has 0 radical (unpaired) electrons. The number of nitrogens with zero attached hydrogens (tertiary/aromatic N) is 1. The van der Waals surface area contributed by atoms with Crippen LogP contribution in [-0.4, -0.2) is 29.3 Å². The number of hydrogen-bond donors (Lipinski definition) is 2. The maximum atomic E-state index is 9.50. The Morgan fingerprint density at radius 3 is 2.50 bits per heavy atom. The van der Waals surface area contributed by atoms with Gasteiger partial charge in [-0.15, -0.1) is 0 Å². The number of rotatable bonds is 7. The Balaban J connectivity index is 2.76. The molecule has 18 heavy (non-hydrogen) atoms. The predicted octanol–water partition coefficient (Wildman–Crippen LogP) is 2.04. The molecule has 0 aliphatic carbocycles. The van der Waals surface area contributed by atoms with Crippen LogP contribution in [0.1, 0.15) is 38.1 Å². The van der Waals surface area contributed by atoms with Crippen molar-refractivity contribution in [1.29, 1.82) is 0 Å². The number of pyridine rings is 1. The second-order valence-corrected chi connectivity index (χ2v) is 4.64. The highest BCUT2D eigenvalue weighted by Gasteiger charge is 2.24. The third kappa shape index (κ3) is 3.68. The summed E-state index contributed by atoms with van der Waals surface area (Å²) in [6, 6.07) is 3.83. The molecule has 0 atom stereocenters. The molecule has 102 valence electrons. The van der Waals surface area contributed by atoms with Gasteiger partial charge >= 0.3 is 0 Å². The lowest BCUT2D eigenvalue weighted by Gasteiger charge is -2.30. The normalized spacial score (nSPS) is 11.6. The molecule has 0 amide bonds. The van der Waals surface area contributed by atoms with Crippen LogP contribution in [0.5, 0.6) is 5.75 Å². The van der Waals surface area contributed by atoms with Gasteiger partial charge in [-0.3, -0.25) is 4.98 Å². The minimum Gasteiger partial charge on any atom is -0.497 e. The fraction of sp³-hybridized carbons (Fsp3) is 0.643. The first-order valence-electron chi connectivity index (χ1n) is 6.46. The Morgan fingerprint density at radius 1 is 1.33 bits per heavy atom. The average Bonchev–Trinajstić information content (AvgIpc) is 2.40. The molecule has 1 aromatic heterocycles. The third-order valence-corrected chi connectivity index (χ3v) is 3.52. The van der Waals surface area contributed by atoms with Crippen LogP contribution in [0.4, 0.5) is 0 Å². The van der Waals surface area contributed by atoms with Crippen LogP contribution in [0.15, 0.2) is 12.1 Å². The summed E-state index contributed by atoms with van der Waals surface area (Å²) in [5.41, 5.74) is 1.67. The number of aliphatic hydroxyl groups is 1. The SMILES string of the molecule is CCC(CC)(CO)NCc1cc(OC)cc(C)n1. The molecular weight excluding hydrogens is 228 g/mol. The molecular formula is C14H24N2O2. The maximum Gasteiger partial charge on any atom is 0.122 e. The van der Waals surface area contributed by atoms with Crippen LogP contribution in [0, 0.1) is 6.92 Å². The lowest BCUT2D eigenvalue weighted by Crippen LogP contribution is -2.47. The van der Waals surface area contributed by atoms with Gasteiger partial charge in [0.2, 0.25) is 0 Å². The van der Waals surface area contributed by atoms with E-state index in [0.717, 1.165) is 30.0 Å². The monoisotopic (exact) mass is 252 g/mol. The van der Waals surface area contributed by atoms with Crippen molar-refractivity contribution < 1.29 is 9.84 Å². The smallest absolute Gasteiger partial charge is 0.122 e. The number of nitrogens with one attached hydrogen (secondary N) is 1. The van der Waals surface area contributed by atoms with Gasteiger partial charge in [0.25, 0.3) is 0 Å². The van der Waals surface area contributed by atoms with Gasteiger partial charge in [0.1, 0.15) is 5.75 Å². The van der Waals surface area contributed by atoms with E-state index in [2.05, 4.69) is 24.1 Å². The summed E-state index contributed by atoms with van der Waals surface area (Å²) in [6.45, 7) is 6.89. The van der Waals surface area contributed by atoms with Gasteiger partial charge in [0.05, 0.1) is 19.4 Å². The molecule has 0 spiro atoms. The van der Waals surface area contributed by atoms with E-state index in [0.29, 0.717) is 6.54 Å². The van der Waals surface area contributed by atoms with Crippen LogP contribution >= 0.6 is 0 Å². The molecule has 0 saturated carbocycles. The first kappa shape index (κ1) is 14.9. The van der Waals surface area contributed by atoms with E-state index >= 15 is 0 Å². The third-order valence-electron chi connectivity index (χ3n) is 3.52. The number of aliphatic hydroxyl groups excluding tert-OH is 1. The van der Waals surface area contributed by atoms with Crippen molar-refractivity contribution >= 4 is 0 Å². The van der Waals surface area contributed by atoms with E-state index in [1.807, 2.05) is 19.1 Å². The fourth-order valence-corrected chi connectivity index (χ4v) is 1.97. The molecule has 1 heterocycles. The zero-order valence-electron chi connectivity index (χ0n) is 11.8. The number of hydrogen-bond acceptors (Lipinski definition) is 4. The van der Waals surface area contributed by atoms with E-state index in [-0.39, 0.29) is 12.1 Å². The molecule has 2 N–H and O–H groups in total. The van der Waals surface area contributed by atoms with Crippen LogP contribution in [0.2, 0.25) is 0 Å². The quantitative estimate of drug-likeness (QED) is 0.779. The lowest BCUT2D eigenvalue weighted by molar-refractivity contribution is 0.149. The molecule has 0 aliphatic rings. The van der Waals surface area contributed by atoms with Crippen LogP contribution < -0.4 is 10.1 Å². The molecule has 0 bridgehead atoms. The van der Waals surface area contributed by atoms with Gasteiger partial charge in [-0.2, -0.15) is 0 Å². The molecule has 0 saturated heterocycles. The number of aromatic nitrogens is 1. The fourth-order valence-electron chi connectivity index (χ4n) is 1.97. The lowest BCUT2D eigenvalue weighted by atomic mass is 9.94. The molecule has 1 rings (SSSR count). The van der Waals surface area contributed by atoms with E-state index in [4.69, 9.17) is 4.74 Å². The van der Waals surface area contributed by atoms with Gasteiger partial charge in [0.15, 0.2) is 0 Å². The summed E-state index contributed by atoms with van der Waals surface area (Å²) in [5, 5.41) is 12.9. The Bertz CT molecular complexity index is 368. The summed E-state index contributed by atoms with van der Waals surface area (Å²) in [7, 11) is 1.65. The summed E-state index contributed by atoms with van der Waals surface area (Å²) in [5.74, 6) is 0.821. The van der Waals surface area contributed by atoms with Crippen LogP contribution in [0.25, 0.3) is 0 Å². The molecule has 0 aliphatic heterocycles. The van der Waals surface area contributed by atoms with E-state index < -0.39 is 0 Å². The Labute approximate surface area is 109 Å². The van der Waals surface area contributed by atoms with Gasteiger partial charge in [-0.05, 0) is 19.8 Å². The molecule has 4 nitrogen and oxygen atoms in total. The minimum absolute atomic E-state index is 0.142. The summed E-state index contributed by atoms with van der Waals surface area (Å²) in [6.07, 6.45) is 1.78. The van der Waals surface area contributed by atoms with E-state index in [1.54, 1.807) is 7.11 Å². The molecule has 0 fully saturated rings. The zero-order valence-corrected chi connectivity index (χ0v) is 11.8. The predicted molar refractivity (Wildman–Crippen MR) is 72.8 cm³/mol. The first-order valence-corrected chi connectivity index (χ1v) is 6.46. The number of methoxy groups -OCH3 is 1. The Kier molecular flexibility index (Phi) is 5.56. The second kappa shape index (κ2) is 6.71. The topological polar surface area (TPSA) is 54.4 Å². The Hall–Kier alpha value is -1.13. The van der Waals surface area contributed by atoms with Gasteiger partial charge < -0.3 is 15.2 Å². The van der Waals surface area contributed by atoms with Crippen LogP contribution in [0.3, 0.4) is 0 Å². The van der Waals surface area contributed by atoms with Gasteiger partial charge in [-0.25, -0.2) is 0 Å². The zero-order chi connectivity index (χ0) is 13.6. The largest absolute Gasteiger partial charge is 0.497 e. The van der Waals surface area contributed by atoms with Crippen molar-refractivity contribution in [3.8, 4) is 5.75 Å². The van der Waals surface area contributed by atoms with Crippen molar-refractivity contribution in [3.05, 3.63) is 23.5 Å². The van der Waals surface area contributed by atoms with Crippen molar-refractivity contribution in [2.24, 2.45) is 0 Å². The van der Waals surface area contributed by atoms with Crippen molar-refractivity contribution in [2.45, 2.75) is 45.7 Å². The highest BCUT2D eigenvalue weighted by molar-refractivity contribution is 5.26. The summed E-state index contributed by atoms with van der Waals surface area (Å²) < 4.78 is 5.23. The molecule has 0 unspecified atom stereocenters. The molecule has 4 heteroatoms. The average molecular weight is 252 g/mol. The standard InChI is InChI=1S/C14H24N2O2/c1-5-14(6-2,10-17)15-9-12-8-13(18-4)7-11(3)16-12/h7-8,15,17H,5-6,9-10H2,1-4H3. The van der Waals surface area contributed by atoms with E-state index in [9.17, 15) is 5.11 Å². The van der Waals surface area contributed by atoms with Gasteiger partial charge in [-0.1, -0.05) is 13.8 Å². The maximum absolute atomic E-state index is 9.50. The van der Waals surface area contributed by atoms with Crippen molar-refractivity contribution in [3.63, 3.8) is 0 Å². The number of ether oxygens (including phenoxy) is 1. The van der Waals surface area contributed by atoms with Crippen molar-refractivity contribution in [2.75, 3.05) is 13.7 Å². The van der Waals surface area contributed by atoms with E-state index in [1.165, 1.54) is 0 Å². The van der Waals surface area contributed by atoms with Gasteiger partial charge in [0, 0.05) is 29.9 Å². The first-order chi connectivity index (χ1) is 8.59. The summed E-state index contributed by atoms with van der Waals surface area (Å²) in [4.78, 5) is 4.46. The number of aryl methyl sites for hydroxylation is 1. The highest BCUT2D eigenvalue weighted by atomic mass is 16.5. The van der Waals surface area contributed by atoms with Crippen molar-refractivity contribution in [1.82, 2.24) is 10.3 Å². The Morgan fingerprint density at radius 2 is 2.00 bits per heavy atom.